The van der Waals surface area contributed by atoms with E-state index in [0.717, 1.165) is 28.1 Å². The third-order valence-corrected chi connectivity index (χ3v) is 4.83. The molecule has 0 saturated carbocycles. The normalized spacial score (nSPS) is 10.2. The number of aromatic nitrogens is 4. The first-order valence-corrected chi connectivity index (χ1v) is 9.52. The molecule has 5 aromatic rings. The minimum absolute atomic E-state index is 0.868. The van der Waals surface area contributed by atoms with Crippen molar-refractivity contribution in [3.05, 3.63) is 90.5 Å². The molecule has 0 bridgehead atoms. The van der Waals surface area contributed by atoms with Crippen molar-refractivity contribution < 1.29 is 0 Å². The first-order valence-electron chi connectivity index (χ1n) is 9.52. The molecule has 2 aromatic heterocycles. The molecule has 5 nitrogen and oxygen atoms in total. The quantitative estimate of drug-likeness (QED) is 0.380. The van der Waals surface area contributed by atoms with Crippen molar-refractivity contribution in [1.29, 1.82) is 0 Å². The second kappa shape index (κ2) is 9.06. The summed E-state index contributed by atoms with van der Waals surface area (Å²) in [5.74, 6) is 1.06. The summed E-state index contributed by atoms with van der Waals surface area (Å²) in [5.41, 5.74) is 12.1. The molecule has 0 aliphatic heterocycles. The Morgan fingerprint density at radius 3 is 1.90 bits per heavy atom. The molecule has 2 N–H and O–H groups in total. The highest BCUT2D eigenvalue weighted by molar-refractivity contribution is 5.75. The lowest BCUT2D eigenvalue weighted by Gasteiger charge is -1.93. The molecular weight excluding hydrogens is 358 g/mol. The van der Waals surface area contributed by atoms with E-state index in [-0.39, 0.29) is 0 Å². The Bertz CT molecular complexity index is 1200. The summed E-state index contributed by atoms with van der Waals surface area (Å²) in [6.45, 7) is 4.01. The minimum atomic E-state index is 0.868. The topological polar surface area (TPSA) is 61.7 Å². The zero-order valence-electron chi connectivity index (χ0n) is 17.4. The number of nitrogens with two attached hydrogens (primary N) is 1. The highest BCUT2D eigenvalue weighted by atomic mass is 15.0. The summed E-state index contributed by atoms with van der Waals surface area (Å²) >= 11 is 0. The third kappa shape index (κ3) is 4.82. The van der Waals surface area contributed by atoms with Crippen LogP contribution in [0.1, 0.15) is 11.4 Å². The highest BCUT2D eigenvalue weighted by Crippen LogP contribution is 2.12. The zero-order chi connectivity index (χ0) is 20.8. The average molecular weight is 386 g/mol. The Kier molecular flexibility index (Phi) is 6.29. The smallest absolute Gasteiger partial charge is 0.106 e. The molecule has 0 saturated heterocycles. The molecule has 0 amide bonds. The van der Waals surface area contributed by atoms with Gasteiger partial charge in [-0.25, -0.2) is 9.97 Å². The summed E-state index contributed by atoms with van der Waals surface area (Å²) in [6, 6.07) is 24.0. The summed E-state index contributed by atoms with van der Waals surface area (Å²) < 4.78 is 4.10. The van der Waals surface area contributed by atoms with Gasteiger partial charge in [-0.15, -0.1) is 0 Å². The van der Waals surface area contributed by atoms with Gasteiger partial charge in [0.15, 0.2) is 0 Å². The fourth-order valence-electron chi connectivity index (χ4n) is 2.94. The van der Waals surface area contributed by atoms with Crippen LogP contribution in [-0.2, 0) is 14.1 Å². The van der Waals surface area contributed by atoms with Crippen molar-refractivity contribution in [2.75, 3.05) is 5.73 Å². The molecule has 0 radical (unpaired) electrons. The van der Waals surface area contributed by atoms with E-state index in [9.17, 15) is 0 Å². The summed E-state index contributed by atoms with van der Waals surface area (Å²) in [6.07, 6.45) is 1.82. The zero-order valence-corrected chi connectivity index (χ0v) is 17.4. The SMILES string of the molecule is Cc1ccccc1N.Cc1nc2ccccc2n1C.Cn1cnc2ccccc21. The van der Waals surface area contributed by atoms with Crippen LogP contribution >= 0.6 is 0 Å². The van der Waals surface area contributed by atoms with Crippen LogP contribution in [0.25, 0.3) is 22.1 Å². The van der Waals surface area contributed by atoms with Crippen molar-refractivity contribution in [2.45, 2.75) is 13.8 Å². The fourth-order valence-corrected chi connectivity index (χ4v) is 2.94. The number of benzene rings is 3. The Morgan fingerprint density at radius 1 is 0.724 bits per heavy atom. The van der Waals surface area contributed by atoms with Crippen LogP contribution in [0.3, 0.4) is 0 Å². The van der Waals surface area contributed by atoms with Crippen molar-refractivity contribution in [1.82, 2.24) is 19.1 Å². The molecule has 3 aromatic carbocycles. The van der Waals surface area contributed by atoms with Crippen molar-refractivity contribution >= 4 is 27.8 Å². The van der Waals surface area contributed by atoms with Crippen LogP contribution in [0.4, 0.5) is 5.69 Å². The number of nitrogens with zero attached hydrogens (tertiary/aromatic N) is 4. The number of para-hydroxylation sites is 5. The van der Waals surface area contributed by atoms with Crippen molar-refractivity contribution in [3.63, 3.8) is 0 Å². The van der Waals surface area contributed by atoms with Gasteiger partial charge in [0.05, 0.1) is 28.4 Å². The second-order valence-corrected chi connectivity index (χ2v) is 6.91. The number of nitrogen functional groups attached to an aromatic ring is 1. The van der Waals surface area contributed by atoms with Crippen LogP contribution in [0.2, 0.25) is 0 Å². The van der Waals surface area contributed by atoms with Gasteiger partial charge < -0.3 is 14.9 Å². The summed E-state index contributed by atoms with van der Waals surface area (Å²) in [7, 11) is 4.03. The van der Waals surface area contributed by atoms with E-state index in [0.29, 0.717) is 0 Å². The third-order valence-electron chi connectivity index (χ3n) is 4.83. The maximum Gasteiger partial charge on any atom is 0.106 e. The van der Waals surface area contributed by atoms with Crippen LogP contribution in [0.5, 0.6) is 0 Å². The van der Waals surface area contributed by atoms with E-state index in [4.69, 9.17) is 5.73 Å². The second-order valence-electron chi connectivity index (χ2n) is 6.91. The van der Waals surface area contributed by atoms with Crippen LogP contribution in [0, 0.1) is 13.8 Å². The van der Waals surface area contributed by atoms with E-state index in [1.807, 2.05) is 99.5 Å². The van der Waals surface area contributed by atoms with Gasteiger partial charge in [0, 0.05) is 19.8 Å². The molecule has 0 aliphatic rings. The van der Waals surface area contributed by atoms with Gasteiger partial charge >= 0.3 is 0 Å². The standard InChI is InChI=1S/C9H10N2.C8H8N2.C7H9N/c1-7-10-8-5-3-4-6-9(8)11(7)2;1-10-6-9-7-4-2-3-5-8(7)10;1-6-4-2-3-5-7(6)8/h3-6H,1-2H3;2-6H,1H3;2-5H,8H2,1H3. The van der Waals surface area contributed by atoms with E-state index in [2.05, 4.69) is 26.7 Å². The Morgan fingerprint density at radius 2 is 1.31 bits per heavy atom. The van der Waals surface area contributed by atoms with E-state index >= 15 is 0 Å². The largest absolute Gasteiger partial charge is 0.399 e. The summed E-state index contributed by atoms with van der Waals surface area (Å²) in [5, 5.41) is 0. The molecule has 148 valence electrons. The molecule has 0 atom stereocenters. The van der Waals surface area contributed by atoms with Crippen LogP contribution < -0.4 is 5.73 Å². The number of aryl methyl sites for hydroxylation is 4. The van der Waals surface area contributed by atoms with Gasteiger partial charge in [0.1, 0.15) is 5.82 Å². The lowest BCUT2D eigenvalue weighted by atomic mass is 10.2. The van der Waals surface area contributed by atoms with Crippen LogP contribution in [0.15, 0.2) is 79.1 Å². The predicted molar refractivity (Wildman–Crippen MR) is 122 cm³/mol. The Labute approximate surface area is 171 Å². The highest BCUT2D eigenvalue weighted by Gasteiger charge is 2.00. The van der Waals surface area contributed by atoms with E-state index in [1.54, 1.807) is 0 Å². The van der Waals surface area contributed by atoms with E-state index < -0.39 is 0 Å². The maximum absolute atomic E-state index is 5.52. The van der Waals surface area contributed by atoms with Gasteiger partial charge in [-0.05, 0) is 49.7 Å². The Balaban J connectivity index is 0.000000126. The van der Waals surface area contributed by atoms with Crippen molar-refractivity contribution in [2.24, 2.45) is 14.1 Å². The lowest BCUT2D eigenvalue weighted by Crippen LogP contribution is -1.89. The molecule has 2 heterocycles. The first kappa shape index (κ1) is 20.1. The maximum atomic E-state index is 5.52. The molecule has 5 rings (SSSR count). The molecule has 0 aliphatic carbocycles. The van der Waals surface area contributed by atoms with Gasteiger partial charge in [-0.1, -0.05) is 42.5 Å². The van der Waals surface area contributed by atoms with Crippen molar-refractivity contribution in [3.8, 4) is 0 Å². The number of hydrogen-bond acceptors (Lipinski definition) is 3. The number of hydrogen-bond donors (Lipinski definition) is 1. The predicted octanol–water partition coefficient (Wildman–Crippen LogP) is 5.03. The van der Waals surface area contributed by atoms with Gasteiger partial charge in [-0.2, -0.15) is 0 Å². The first-order chi connectivity index (χ1) is 14.0. The molecular formula is C24H27N5. The van der Waals surface area contributed by atoms with Gasteiger partial charge in [0.2, 0.25) is 0 Å². The number of rotatable bonds is 0. The van der Waals surface area contributed by atoms with Gasteiger partial charge in [0.25, 0.3) is 0 Å². The minimum Gasteiger partial charge on any atom is -0.399 e. The number of anilines is 1. The molecule has 0 spiro atoms. The Hall–Kier alpha value is -3.60. The average Bonchev–Trinajstić information content (AvgIpc) is 3.26. The molecule has 5 heteroatoms. The number of imidazole rings is 2. The van der Waals surface area contributed by atoms with Gasteiger partial charge in [-0.3, -0.25) is 0 Å². The molecule has 29 heavy (non-hydrogen) atoms. The summed E-state index contributed by atoms with van der Waals surface area (Å²) in [4.78, 5) is 8.56. The van der Waals surface area contributed by atoms with Crippen LogP contribution in [-0.4, -0.2) is 19.1 Å². The van der Waals surface area contributed by atoms with E-state index in [1.165, 1.54) is 11.0 Å². The molecule has 0 fully saturated rings. The molecule has 0 unspecified atom stereocenters. The monoisotopic (exact) mass is 385 g/mol. The number of fused-ring (bicyclic) bond motifs is 2. The fraction of sp³-hybridized carbons (Fsp3) is 0.167. The lowest BCUT2D eigenvalue weighted by molar-refractivity contribution is 0.886.